The Bertz CT molecular complexity index is 686. The van der Waals surface area contributed by atoms with E-state index in [2.05, 4.69) is 42.2 Å². The fourth-order valence-corrected chi connectivity index (χ4v) is 2.42. The van der Waals surface area contributed by atoms with E-state index in [1.165, 1.54) is 11.1 Å². The Kier molecular flexibility index (Phi) is 3.93. The third kappa shape index (κ3) is 2.86. The molecule has 0 fully saturated rings. The molecule has 0 unspecified atom stereocenters. The van der Waals surface area contributed by atoms with Crippen LogP contribution in [0.2, 0.25) is 0 Å². The van der Waals surface area contributed by atoms with Crippen LogP contribution in [0.1, 0.15) is 27.9 Å². The van der Waals surface area contributed by atoms with Crippen LogP contribution in [-0.2, 0) is 0 Å². The fraction of sp³-hybridized carbons (Fsp3) is 0.312. The molecule has 3 N–H and O–H groups in total. The Morgan fingerprint density at radius 3 is 2.14 bits per heavy atom. The molecule has 1 heterocycles. The van der Waals surface area contributed by atoms with E-state index in [0.29, 0.717) is 11.4 Å². The van der Waals surface area contributed by atoms with Gasteiger partial charge >= 0.3 is 0 Å². The molecular weight excluding hydrogens is 262 g/mol. The quantitative estimate of drug-likeness (QED) is 0.670. The highest BCUT2D eigenvalue weighted by Crippen LogP contribution is 2.28. The molecular formula is C16H21N5. The first-order chi connectivity index (χ1) is 9.81. The van der Waals surface area contributed by atoms with Crippen LogP contribution in [0.5, 0.6) is 0 Å². The lowest BCUT2D eigenvalue weighted by Crippen LogP contribution is -2.22. The number of nitrogens with one attached hydrogen (secondary N) is 1. The minimum absolute atomic E-state index is 0.0109. The number of nitrogens with two attached hydrogens (primary N) is 1. The number of hydrogen-bond donors (Lipinski definition) is 2. The maximum atomic E-state index is 7.84. The maximum absolute atomic E-state index is 7.84. The molecule has 0 amide bonds. The smallest absolute Gasteiger partial charge is 0.166 e. The van der Waals surface area contributed by atoms with Gasteiger partial charge in [0.1, 0.15) is 5.84 Å². The molecule has 5 heteroatoms. The normalized spacial score (nSPS) is 10.5. The molecule has 21 heavy (non-hydrogen) atoms. The molecule has 0 aliphatic carbocycles. The van der Waals surface area contributed by atoms with Crippen LogP contribution in [0.25, 0.3) is 0 Å². The molecule has 2 aromatic rings. The Hall–Kier alpha value is -2.43. The van der Waals surface area contributed by atoms with Crippen molar-refractivity contribution in [2.24, 2.45) is 5.73 Å². The largest absolute Gasteiger partial charge is 0.384 e. The minimum Gasteiger partial charge on any atom is -0.384 e. The molecule has 2 rings (SSSR count). The molecule has 0 saturated carbocycles. The summed E-state index contributed by atoms with van der Waals surface area (Å²) >= 11 is 0. The van der Waals surface area contributed by atoms with Gasteiger partial charge in [-0.15, -0.1) is 5.10 Å². The first-order valence-electron chi connectivity index (χ1n) is 6.81. The van der Waals surface area contributed by atoms with Crippen LogP contribution in [0.4, 0.5) is 11.5 Å². The number of benzene rings is 1. The molecule has 5 nitrogen and oxygen atoms in total. The van der Waals surface area contributed by atoms with Gasteiger partial charge in [-0.05, 0) is 56.5 Å². The summed E-state index contributed by atoms with van der Waals surface area (Å²) in [6.45, 7) is 7.90. The van der Waals surface area contributed by atoms with Crippen molar-refractivity contribution in [3.63, 3.8) is 0 Å². The van der Waals surface area contributed by atoms with Crippen molar-refractivity contribution in [1.82, 2.24) is 10.2 Å². The SMILES string of the molecule is Cc1cc(C)cc(N(C)c2nnc(C)c(C)c2C(=N)N)c1. The van der Waals surface area contributed by atoms with E-state index in [4.69, 9.17) is 11.1 Å². The van der Waals surface area contributed by atoms with E-state index in [9.17, 15) is 0 Å². The Labute approximate surface area is 125 Å². The molecule has 110 valence electrons. The van der Waals surface area contributed by atoms with Crippen molar-refractivity contribution < 1.29 is 0 Å². The van der Waals surface area contributed by atoms with E-state index in [-0.39, 0.29) is 5.84 Å². The third-order valence-corrected chi connectivity index (χ3v) is 3.62. The van der Waals surface area contributed by atoms with Gasteiger partial charge in [-0.3, -0.25) is 5.41 Å². The fourth-order valence-electron chi connectivity index (χ4n) is 2.42. The van der Waals surface area contributed by atoms with Crippen LogP contribution in [0, 0.1) is 33.1 Å². The number of hydrogen-bond acceptors (Lipinski definition) is 4. The summed E-state index contributed by atoms with van der Waals surface area (Å²) in [5, 5.41) is 16.3. The molecule has 0 spiro atoms. The van der Waals surface area contributed by atoms with Gasteiger partial charge in [0.15, 0.2) is 5.82 Å². The second-order valence-electron chi connectivity index (χ2n) is 5.43. The zero-order valence-corrected chi connectivity index (χ0v) is 13.2. The standard InChI is InChI=1S/C16H21N5/c1-9-6-10(2)8-13(7-9)21(5)16-14(15(17)18)11(3)12(4)19-20-16/h6-8H,1-5H3,(H3,17,18). The Morgan fingerprint density at radius 1 is 1.05 bits per heavy atom. The molecule has 0 bridgehead atoms. The van der Waals surface area contributed by atoms with Gasteiger partial charge in [-0.25, -0.2) is 0 Å². The van der Waals surface area contributed by atoms with E-state index >= 15 is 0 Å². The van der Waals surface area contributed by atoms with Crippen molar-refractivity contribution in [1.29, 1.82) is 5.41 Å². The molecule has 0 radical (unpaired) electrons. The van der Waals surface area contributed by atoms with Gasteiger partial charge in [0.2, 0.25) is 0 Å². The van der Waals surface area contributed by atoms with Gasteiger partial charge < -0.3 is 10.6 Å². The van der Waals surface area contributed by atoms with Crippen LogP contribution < -0.4 is 10.6 Å². The second-order valence-corrected chi connectivity index (χ2v) is 5.43. The first kappa shape index (κ1) is 15.0. The number of nitrogens with zero attached hydrogens (tertiary/aromatic N) is 3. The predicted octanol–water partition coefficient (Wildman–Crippen LogP) is 2.76. The summed E-state index contributed by atoms with van der Waals surface area (Å²) in [7, 11) is 1.92. The van der Waals surface area contributed by atoms with Crippen molar-refractivity contribution in [3.05, 3.63) is 46.1 Å². The Balaban J connectivity index is 2.60. The summed E-state index contributed by atoms with van der Waals surface area (Å²) < 4.78 is 0. The molecule has 0 saturated heterocycles. The van der Waals surface area contributed by atoms with E-state index in [0.717, 1.165) is 16.9 Å². The monoisotopic (exact) mass is 283 g/mol. The molecule has 0 aliphatic rings. The molecule has 0 aliphatic heterocycles. The first-order valence-corrected chi connectivity index (χ1v) is 6.81. The zero-order valence-electron chi connectivity index (χ0n) is 13.2. The van der Waals surface area contributed by atoms with Gasteiger partial charge in [-0.1, -0.05) is 6.07 Å². The van der Waals surface area contributed by atoms with Crippen molar-refractivity contribution >= 4 is 17.3 Å². The van der Waals surface area contributed by atoms with E-state index < -0.39 is 0 Å². The molecule has 1 aromatic carbocycles. The average molecular weight is 283 g/mol. The van der Waals surface area contributed by atoms with Gasteiger partial charge in [0.25, 0.3) is 0 Å². The van der Waals surface area contributed by atoms with Crippen molar-refractivity contribution in [2.75, 3.05) is 11.9 Å². The van der Waals surface area contributed by atoms with Gasteiger partial charge in [0, 0.05) is 12.7 Å². The number of nitrogen functional groups attached to an aromatic ring is 1. The number of anilines is 2. The summed E-state index contributed by atoms with van der Waals surface area (Å²) in [5.74, 6) is 0.618. The Morgan fingerprint density at radius 2 is 1.62 bits per heavy atom. The molecule has 1 aromatic heterocycles. The van der Waals surface area contributed by atoms with E-state index in [1.807, 2.05) is 25.8 Å². The summed E-state index contributed by atoms with van der Waals surface area (Å²) in [4.78, 5) is 1.93. The predicted molar refractivity (Wildman–Crippen MR) is 86.5 cm³/mol. The summed E-state index contributed by atoms with van der Waals surface area (Å²) in [6, 6.07) is 6.27. The van der Waals surface area contributed by atoms with Crippen LogP contribution in [0.3, 0.4) is 0 Å². The second kappa shape index (κ2) is 5.52. The number of rotatable bonds is 3. The lowest BCUT2D eigenvalue weighted by atomic mass is 10.1. The third-order valence-electron chi connectivity index (χ3n) is 3.62. The molecule has 0 atom stereocenters. The summed E-state index contributed by atoms with van der Waals surface area (Å²) in [5.41, 5.74) is 11.4. The van der Waals surface area contributed by atoms with Crippen LogP contribution in [-0.4, -0.2) is 23.1 Å². The van der Waals surface area contributed by atoms with Gasteiger partial charge in [0.05, 0.1) is 11.3 Å². The lowest BCUT2D eigenvalue weighted by Gasteiger charge is -2.22. The van der Waals surface area contributed by atoms with Crippen molar-refractivity contribution in [2.45, 2.75) is 27.7 Å². The highest BCUT2D eigenvalue weighted by Gasteiger charge is 2.18. The average Bonchev–Trinajstić information content (AvgIpc) is 2.39. The highest BCUT2D eigenvalue weighted by atomic mass is 15.3. The zero-order chi connectivity index (χ0) is 15.7. The minimum atomic E-state index is 0.0109. The number of amidine groups is 1. The van der Waals surface area contributed by atoms with Crippen LogP contribution in [0.15, 0.2) is 18.2 Å². The number of aromatic nitrogens is 2. The highest BCUT2D eigenvalue weighted by molar-refractivity contribution is 6.01. The van der Waals surface area contributed by atoms with Crippen molar-refractivity contribution in [3.8, 4) is 0 Å². The number of aryl methyl sites for hydroxylation is 3. The van der Waals surface area contributed by atoms with Gasteiger partial charge in [-0.2, -0.15) is 5.10 Å². The maximum Gasteiger partial charge on any atom is 0.166 e. The van der Waals surface area contributed by atoms with Crippen LogP contribution >= 0.6 is 0 Å². The summed E-state index contributed by atoms with van der Waals surface area (Å²) in [6.07, 6.45) is 0. The lowest BCUT2D eigenvalue weighted by molar-refractivity contribution is 0.929. The van der Waals surface area contributed by atoms with E-state index in [1.54, 1.807) is 0 Å². The topological polar surface area (TPSA) is 78.9 Å².